The standard InChI is InChI=1S/C30H28NO/c1-19-14-15-24-23-12-8-11-22(21-10-7-9-20-17-30(2,3)18-25(20)21)28(23)32-29(24)27(19)26-13-5-6-16-31(26)4/h5-16H,17-18H2,1-4H3/q+1. The lowest BCUT2D eigenvalue weighted by Crippen LogP contribution is -2.30. The average Bonchev–Trinajstić information content (AvgIpc) is 3.30. The molecule has 5 aromatic rings. The summed E-state index contributed by atoms with van der Waals surface area (Å²) in [6.07, 6.45) is 4.34. The molecular formula is C30H28NO+. The Morgan fingerprint density at radius 2 is 1.56 bits per heavy atom. The van der Waals surface area contributed by atoms with Crippen LogP contribution in [-0.4, -0.2) is 0 Å². The minimum absolute atomic E-state index is 0.312. The van der Waals surface area contributed by atoms with E-state index >= 15 is 0 Å². The summed E-state index contributed by atoms with van der Waals surface area (Å²) in [7, 11) is 2.09. The molecule has 6 rings (SSSR count). The predicted octanol–water partition coefficient (Wildman–Crippen LogP) is 7.18. The van der Waals surface area contributed by atoms with Crippen LogP contribution in [0, 0.1) is 12.3 Å². The van der Waals surface area contributed by atoms with Gasteiger partial charge in [-0.15, -0.1) is 0 Å². The Morgan fingerprint density at radius 3 is 2.41 bits per heavy atom. The highest BCUT2D eigenvalue weighted by Gasteiger charge is 2.31. The summed E-state index contributed by atoms with van der Waals surface area (Å²) in [5, 5.41) is 2.37. The smallest absolute Gasteiger partial charge is 0.216 e. The summed E-state index contributed by atoms with van der Waals surface area (Å²) in [6, 6.07) is 24.1. The van der Waals surface area contributed by atoms with Crippen LogP contribution in [0.3, 0.4) is 0 Å². The summed E-state index contributed by atoms with van der Waals surface area (Å²) < 4.78 is 8.93. The van der Waals surface area contributed by atoms with Gasteiger partial charge in [0.15, 0.2) is 6.20 Å². The number of para-hydroxylation sites is 1. The van der Waals surface area contributed by atoms with Crippen LogP contribution in [0.4, 0.5) is 0 Å². The van der Waals surface area contributed by atoms with Crippen molar-refractivity contribution < 1.29 is 8.98 Å². The average molecular weight is 419 g/mol. The zero-order valence-corrected chi connectivity index (χ0v) is 19.2. The van der Waals surface area contributed by atoms with Gasteiger partial charge in [0.25, 0.3) is 0 Å². The quantitative estimate of drug-likeness (QED) is 0.278. The molecule has 0 aliphatic heterocycles. The van der Waals surface area contributed by atoms with Crippen molar-refractivity contribution in [2.75, 3.05) is 0 Å². The number of hydrogen-bond donors (Lipinski definition) is 0. The van der Waals surface area contributed by atoms with Gasteiger partial charge in [-0.05, 0) is 53.5 Å². The van der Waals surface area contributed by atoms with Crippen LogP contribution >= 0.6 is 0 Å². The minimum atomic E-state index is 0.312. The molecule has 2 nitrogen and oxygen atoms in total. The largest absolute Gasteiger partial charge is 0.454 e. The molecule has 1 aliphatic rings. The monoisotopic (exact) mass is 418 g/mol. The summed E-state index contributed by atoms with van der Waals surface area (Å²) in [5.41, 5.74) is 11.3. The van der Waals surface area contributed by atoms with E-state index < -0.39 is 0 Å². The summed E-state index contributed by atoms with van der Waals surface area (Å²) >= 11 is 0. The second-order valence-electron chi connectivity index (χ2n) is 10.1. The van der Waals surface area contributed by atoms with Crippen LogP contribution < -0.4 is 4.57 Å². The lowest BCUT2D eigenvalue weighted by atomic mass is 9.89. The van der Waals surface area contributed by atoms with E-state index in [1.54, 1.807) is 0 Å². The van der Waals surface area contributed by atoms with Gasteiger partial charge in [-0.3, -0.25) is 0 Å². The normalized spacial score (nSPS) is 14.9. The maximum absolute atomic E-state index is 6.76. The second-order valence-corrected chi connectivity index (χ2v) is 10.1. The molecule has 32 heavy (non-hydrogen) atoms. The van der Waals surface area contributed by atoms with Crippen LogP contribution in [0.5, 0.6) is 0 Å². The topological polar surface area (TPSA) is 17.0 Å². The molecule has 0 N–H and O–H groups in total. The Labute approximate surface area is 189 Å². The Morgan fingerprint density at radius 1 is 0.781 bits per heavy atom. The lowest BCUT2D eigenvalue weighted by molar-refractivity contribution is -0.660. The highest BCUT2D eigenvalue weighted by atomic mass is 16.3. The van der Waals surface area contributed by atoms with Gasteiger partial charge >= 0.3 is 0 Å². The first-order chi connectivity index (χ1) is 15.4. The third kappa shape index (κ3) is 2.82. The predicted molar refractivity (Wildman–Crippen MR) is 132 cm³/mol. The number of fused-ring (bicyclic) bond motifs is 4. The fourth-order valence-electron chi connectivity index (χ4n) is 5.59. The first-order valence-electron chi connectivity index (χ1n) is 11.4. The van der Waals surface area contributed by atoms with E-state index in [9.17, 15) is 0 Å². The van der Waals surface area contributed by atoms with Gasteiger partial charge in [0.2, 0.25) is 5.69 Å². The van der Waals surface area contributed by atoms with Crippen LogP contribution in [0.25, 0.3) is 44.3 Å². The zero-order chi connectivity index (χ0) is 22.0. The van der Waals surface area contributed by atoms with E-state index in [-0.39, 0.29) is 0 Å². The molecule has 1 aliphatic carbocycles. The van der Waals surface area contributed by atoms with Gasteiger partial charge in [-0.25, -0.2) is 4.57 Å². The molecule has 0 unspecified atom stereocenters. The van der Waals surface area contributed by atoms with E-state index in [4.69, 9.17) is 4.42 Å². The van der Waals surface area contributed by atoms with Crippen LogP contribution in [0.15, 0.2) is 77.3 Å². The first-order valence-corrected chi connectivity index (χ1v) is 11.4. The molecule has 0 atom stereocenters. The van der Waals surface area contributed by atoms with Crippen molar-refractivity contribution in [1.29, 1.82) is 0 Å². The van der Waals surface area contributed by atoms with Gasteiger partial charge in [-0.1, -0.05) is 62.4 Å². The summed E-state index contributed by atoms with van der Waals surface area (Å²) in [6.45, 7) is 6.91. The molecule has 0 fully saturated rings. The number of rotatable bonds is 2. The Kier molecular flexibility index (Phi) is 4.10. The van der Waals surface area contributed by atoms with Gasteiger partial charge in [0, 0.05) is 28.5 Å². The van der Waals surface area contributed by atoms with Crippen LogP contribution in [0.1, 0.15) is 30.5 Å². The van der Waals surface area contributed by atoms with Crippen molar-refractivity contribution in [1.82, 2.24) is 0 Å². The van der Waals surface area contributed by atoms with Crippen LogP contribution in [-0.2, 0) is 19.9 Å². The van der Waals surface area contributed by atoms with Gasteiger partial charge < -0.3 is 4.42 Å². The highest BCUT2D eigenvalue weighted by molar-refractivity contribution is 6.13. The van der Waals surface area contributed by atoms with Crippen molar-refractivity contribution in [3.05, 3.63) is 89.6 Å². The van der Waals surface area contributed by atoms with E-state index in [2.05, 4.69) is 105 Å². The SMILES string of the molecule is Cc1ccc2c(oc3c(-c4cccc5c4CC(C)(C)C5)cccc32)c1-c1cccc[n+]1C. The molecule has 2 aromatic heterocycles. The fourth-order valence-corrected chi connectivity index (χ4v) is 5.59. The molecule has 0 saturated carbocycles. The molecule has 3 aromatic carbocycles. The fraction of sp³-hybridized carbons (Fsp3) is 0.233. The number of pyridine rings is 1. The number of nitrogens with zero attached hydrogens (tertiary/aromatic N) is 1. The molecule has 0 radical (unpaired) electrons. The van der Waals surface area contributed by atoms with Crippen molar-refractivity contribution in [3.63, 3.8) is 0 Å². The van der Waals surface area contributed by atoms with E-state index in [0.29, 0.717) is 5.41 Å². The second kappa shape index (κ2) is 6.80. The van der Waals surface area contributed by atoms with Crippen molar-refractivity contribution in [2.45, 2.75) is 33.6 Å². The molecule has 0 spiro atoms. The van der Waals surface area contributed by atoms with Crippen molar-refractivity contribution in [2.24, 2.45) is 12.5 Å². The van der Waals surface area contributed by atoms with Gasteiger partial charge in [0.05, 0.1) is 5.56 Å². The number of benzene rings is 3. The Hall–Kier alpha value is -3.39. The summed E-state index contributed by atoms with van der Waals surface area (Å²) in [4.78, 5) is 0. The number of furan rings is 1. The summed E-state index contributed by atoms with van der Waals surface area (Å²) in [5.74, 6) is 0. The molecule has 158 valence electrons. The lowest BCUT2D eigenvalue weighted by Gasteiger charge is -2.15. The number of hydrogen-bond acceptors (Lipinski definition) is 1. The van der Waals surface area contributed by atoms with Gasteiger partial charge in [-0.2, -0.15) is 0 Å². The molecular weight excluding hydrogens is 390 g/mol. The molecule has 2 heterocycles. The van der Waals surface area contributed by atoms with Gasteiger partial charge in [0.1, 0.15) is 18.2 Å². The highest BCUT2D eigenvalue weighted by Crippen LogP contribution is 2.45. The maximum Gasteiger partial charge on any atom is 0.216 e. The number of aromatic nitrogens is 1. The van der Waals surface area contributed by atoms with Crippen LogP contribution in [0.2, 0.25) is 0 Å². The molecule has 0 saturated heterocycles. The number of aryl methyl sites for hydroxylation is 2. The van der Waals surface area contributed by atoms with E-state index in [1.807, 2.05) is 0 Å². The zero-order valence-electron chi connectivity index (χ0n) is 19.2. The third-order valence-corrected chi connectivity index (χ3v) is 7.07. The maximum atomic E-state index is 6.76. The Bertz CT molecular complexity index is 1520. The minimum Gasteiger partial charge on any atom is -0.454 e. The first kappa shape index (κ1) is 19.3. The molecule has 0 bridgehead atoms. The van der Waals surface area contributed by atoms with Crippen molar-refractivity contribution >= 4 is 21.9 Å². The Balaban J connectivity index is 1.66. The molecule has 0 amide bonds. The van der Waals surface area contributed by atoms with E-state index in [0.717, 1.165) is 24.0 Å². The van der Waals surface area contributed by atoms with Crippen molar-refractivity contribution in [3.8, 4) is 22.4 Å². The third-order valence-electron chi connectivity index (χ3n) is 7.07. The van der Waals surface area contributed by atoms with E-state index in [1.165, 1.54) is 49.8 Å². The molecule has 2 heteroatoms.